The SMILES string of the molecule is CN=C(NCC(C)N(C)C1CC1)NC(C)c1ccc(OCC2CC2)c(F)c1. The first-order valence-corrected chi connectivity index (χ1v) is 10.1. The Morgan fingerprint density at radius 3 is 2.63 bits per heavy atom. The van der Waals surface area contributed by atoms with Gasteiger partial charge in [-0.2, -0.15) is 0 Å². The zero-order chi connectivity index (χ0) is 19.4. The van der Waals surface area contributed by atoms with Crippen LogP contribution in [0, 0.1) is 11.7 Å². The van der Waals surface area contributed by atoms with Crippen molar-refractivity contribution in [2.45, 2.75) is 57.7 Å². The molecule has 0 spiro atoms. The van der Waals surface area contributed by atoms with Crippen molar-refractivity contribution in [3.8, 4) is 5.75 Å². The average molecular weight is 377 g/mol. The van der Waals surface area contributed by atoms with Crippen molar-refractivity contribution >= 4 is 5.96 Å². The minimum atomic E-state index is -0.301. The van der Waals surface area contributed by atoms with E-state index in [1.54, 1.807) is 19.2 Å². The molecule has 0 amide bonds. The highest BCUT2D eigenvalue weighted by Gasteiger charge is 2.29. The molecule has 0 radical (unpaired) electrons. The van der Waals surface area contributed by atoms with Gasteiger partial charge < -0.3 is 15.4 Å². The van der Waals surface area contributed by atoms with E-state index in [2.05, 4.69) is 34.5 Å². The third-order valence-corrected chi connectivity index (χ3v) is 5.59. The number of ether oxygens (including phenoxy) is 1. The minimum Gasteiger partial charge on any atom is -0.490 e. The second-order valence-electron chi connectivity index (χ2n) is 8.01. The first-order valence-electron chi connectivity index (χ1n) is 10.1. The summed E-state index contributed by atoms with van der Waals surface area (Å²) in [5, 5.41) is 6.72. The Kier molecular flexibility index (Phi) is 6.58. The average Bonchev–Trinajstić information content (AvgIpc) is 3.56. The quantitative estimate of drug-likeness (QED) is 0.513. The number of hydrogen-bond acceptors (Lipinski definition) is 3. The van der Waals surface area contributed by atoms with Crippen LogP contribution in [0.2, 0.25) is 0 Å². The third kappa shape index (κ3) is 5.83. The molecule has 0 aliphatic heterocycles. The highest BCUT2D eigenvalue weighted by Crippen LogP contribution is 2.30. The molecule has 0 aromatic heterocycles. The Bertz CT molecular complexity index is 658. The molecule has 0 bridgehead atoms. The summed E-state index contributed by atoms with van der Waals surface area (Å²) in [4.78, 5) is 6.71. The topological polar surface area (TPSA) is 48.9 Å². The van der Waals surface area contributed by atoms with E-state index in [0.717, 1.165) is 24.1 Å². The number of hydrogen-bond donors (Lipinski definition) is 2. The molecular weight excluding hydrogens is 343 g/mol. The Morgan fingerprint density at radius 1 is 1.30 bits per heavy atom. The zero-order valence-corrected chi connectivity index (χ0v) is 17.0. The van der Waals surface area contributed by atoms with E-state index in [9.17, 15) is 4.39 Å². The van der Waals surface area contributed by atoms with Crippen LogP contribution in [0.5, 0.6) is 5.75 Å². The van der Waals surface area contributed by atoms with E-state index in [1.807, 2.05) is 13.0 Å². The van der Waals surface area contributed by atoms with Gasteiger partial charge in [0, 0.05) is 25.7 Å². The summed E-state index contributed by atoms with van der Waals surface area (Å²) in [7, 11) is 3.94. The van der Waals surface area contributed by atoms with Crippen LogP contribution in [-0.4, -0.2) is 50.2 Å². The molecule has 6 heteroatoms. The lowest BCUT2D eigenvalue weighted by Crippen LogP contribution is -2.46. The number of guanidine groups is 1. The predicted octanol–water partition coefficient (Wildman–Crippen LogP) is 3.32. The summed E-state index contributed by atoms with van der Waals surface area (Å²) >= 11 is 0. The molecule has 2 unspecified atom stereocenters. The maximum Gasteiger partial charge on any atom is 0.191 e. The molecule has 150 valence electrons. The first-order chi connectivity index (χ1) is 13.0. The number of benzene rings is 1. The van der Waals surface area contributed by atoms with Crippen molar-refractivity contribution < 1.29 is 9.13 Å². The van der Waals surface area contributed by atoms with E-state index in [4.69, 9.17) is 4.74 Å². The Labute approximate surface area is 162 Å². The molecule has 1 aromatic rings. The van der Waals surface area contributed by atoms with E-state index < -0.39 is 0 Å². The monoisotopic (exact) mass is 376 g/mol. The second kappa shape index (κ2) is 8.91. The van der Waals surface area contributed by atoms with Crippen molar-refractivity contribution in [1.29, 1.82) is 0 Å². The van der Waals surface area contributed by atoms with Crippen molar-refractivity contribution in [2.75, 3.05) is 27.2 Å². The van der Waals surface area contributed by atoms with Gasteiger partial charge in [-0.3, -0.25) is 9.89 Å². The van der Waals surface area contributed by atoms with Gasteiger partial charge in [-0.25, -0.2) is 4.39 Å². The van der Waals surface area contributed by atoms with Crippen LogP contribution in [0.15, 0.2) is 23.2 Å². The van der Waals surface area contributed by atoms with Crippen LogP contribution in [0.25, 0.3) is 0 Å². The summed E-state index contributed by atoms with van der Waals surface area (Å²) in [5.74, 6) is 1.38. The summed E-state index contributed by atoms with van der Waals surface area (Å²) in [5.41, 5.74) is 0.873. The molecule has 2 aliphatic rings. The first kappa shape index (κ1) is 19.9. The van der Waals surface area contributed by atoms with Crippen LogP contribution >= 0.6 is 0 Å². The van der Waals surface area contributed by atoms with Crippen molar-refractivity contribution in [2.24, 2.45) is 10.9 Å². The molecule has 2 N–H and O–H groups in total. The summed E-state index contributed by atoms with van der Waals surface area (Å²) in [6.07, 6.45) is 5.00. The number of halogens is 1. The summed E-state index contributed by atoms with van der Waals surface area (Å²) in [6.45, 7) is 5.67. The van der Waals surface area contributed by atoms with Gasteiger partial charge in [0.05, 0.1) is 12.6 Å². The number of likely N-dealkylation sites (N-methyl/N-ethyl adjacent to an activating group) is 1. The van der Waals surface area contributed by atoms with Crippen LogP contribution in [0.1, 0.15) is 51.1 Å². The molecule has 2 aliphatic carbocycles. The molecule has 3 rings (SSSR count). The van der Waals surface area contributed by atoms with Crippen molar-refractivity contribution in [3.05, 3.63) is 29.6 Å². The molecule has 2 atom stereocenters. The normalized spacial score (nSPS) is 19.7. The van der Waals surface area contributed by atoms with Crippen LogP contribution in [-0.2, 0) is 0 Å². The number of aliphatic imine (C=N–C) groups is 1. The van der Waals surface area contributed by atoms with Gasteiger partial charge in [0.15, 0.2) is 17.5 Å². The van der Waals surface area contributed by atoms with Gasteiger partial charge in [0.25, 0.3) is 0 Å². The van der Waals surface area contributed by atoms with Gasteiger partial charge in [-0.1, -0.05) is 6.07 Å². The maximum absolute atomic E-state index is 14.3. The van der Waals surface area contributed by atoms with Crippen molar-refractivity contribution in [3.63, 3.8) is 0 Å². The van der Waals surface area contributed by atoms with Gasteiger partial charge in [0.2, 0.25) is 0 Å². The third-order valence-electron chi connectivity index (χ3n) is 5.59. The number of rotatable bonds is 9. The molecule has 27 heavy (non-hydrogen) atoms. The fourth-order valence-corrected chi connectivity index (χ4v) is 3.11. The van der Waals surface area contributed by atoms with Gasteiger partial charge in [-0.05, 0) is 70.2 Å². The van der Waals surface area contributed by atoms with E-state index in [-0.39, 0.29) is 11.9 Å². The predicted molar refractivity (Wildman–Crippen MR) is 108 cm³/mol. The molecule has 2 saturated carbocycles. The van der Waals surface area contributed by atoms with Gasteiger partial charge >= 0.3 is 0 Å². The zero-order valence-electron chi connectivity index (χ0n) is 17.0. The highest BCUT2D eigenvalue weighted by atomic mass is 19.1. The fourth-order valence-electron chi connectivity index (χ4n) is 3.11. The van der Waals surface area contributed by atoms with E-state index in [1.165, 1.54) is 25.7 Å². The number of nitrogens with zero attached hydrogens (tertiary/aromatic N) is 2. The molecule has 2 fully saturated rings. The Hall–Kier alpha value is -1.82. The molecule has 0 saturated heterocycles. The Balaban J connectivity index is 1.49. The van der Waals surface area contributed by atoms with Crippen LogP contribution in [0.4, 0.5) is 4.39 Å². The van der Waals surface area contributed by atoms with Crippen molar-refractivity contribution in [1.82, 2.24) is 15.5 Å². The Morgan fingerprint density at radius 2 is 2.04 bits per heavy atom. The molecule has 5 nitrogen and oxygen atoms in total. The fraction of sp³-hybridized carbons (Fsp3) is 0.667. The minimum absolute atomic E-state index is 0.0559. The lowest BCUT2D eigenvalue weighted by molar-refractivity contribution is 0.247. The van der Waals surface area contributed by atoms with Gasteiger partial charge in [-0.15, -0.1) is 0 Å². The van der Waals surface area contributed by atoms with Gasteiger partial charge in [0.1, 0.15) is 0 Å². The van der Waals surface area contributed by atoms with E-state index >= 15 is 0 Å². The highest BCUT2D eigenvalue weighted by molar-refractivity contribution is 5.80. The molecule has 0 heterocycles. The lowest BCUT2D eigenvalue weighted by atomic mass is 10.1. The van der Waals surface area contributed by atoms with E-state index in [0.29, 0.717) is 24.3 Å². The molecule has 1 aromatic carbocycles. The second-order valence-corrected chi connectivity index (χ2v) is 8.01. The summed E-state index contributed by atoms with van der Waals surface area (Å²) < 4.78 is 19.9. The van der Waals surface area contributed by atoms with Crippen LogP contribution in [0.3, 0.4) is 0 Å². The smallest absolute Gasteiger partial charge is 0.191 e. The van der Waals surface area contributed by atoms with Crippen LogP contribution < -0.4 is 15.4 Å². The largest absolute Gasteiger partial charge is 0.490 e. The number of nitrogens with one attached hydrogen (secondary N) is 2. The summed E-state index contributed by atoms with van der Waals surface area (Å²) in [6, 6.07) is 6.32. The maximum atomic E-state index is 14.3. The lowest BCUT2D eigenvalue weighted by Gasteiger charge is -2.26. The molecular formula is C21H33FN4O. The standard InChI is InChI=1S/C21H33FN4O/c1-14(26(4)18-8-9-18)12-24-21(23-3)25-15(2)17-7-10-20(19(22)11-17)27-13-16-5-6-16/h7,10-11,14-16,18H,5-6,8-9,12-13H2,1-4H3,(H2,23,24,25).